The predicted octanol–water partition coefficient (Wildman–Crippen LogP) is 2.79. The number of allylic oxidation sites excluding steroid dienone is 1. The highest BCUT2D eigenvalue weighted by atomic mass is 16.5. The molecule has 0 saturated heterocycles. The van der Waals surface area contributed by atoms with E-state index in [1.165, 1.54) is 6.20 Å². The van der Waals surface area contributed by atoms with Crippen LogP contribution in [-0.2, 0) is 13.0 Å². The molecule has 0 bridgehead atoms. The molecule has 0 unspecified atom stereocenters. The molecule has 0 radical (unpaired) electrons. The highest BCUT2D eigenvalue weighted by molar-refractivity contribution is 5.88. The summed E-state index contributed by atoms with van der Waals surface area (Å²) in [6, 6.07) is 7.67. The highest BCUT2D eigenvalue weighted by Crippen LogP contribution is 2.19. The lowest BCUT2D eigenvalue weighted by Crippen LogP contribution is -2.08. The smallest absolute Gasteiger partial charge is 0.339 e. The van der Waals surface area contributed by atoms with Crippen molar-refractivity contribution in [2.45, 2.75) is 20.0 Å². The van der Waals surface area contributed by atoms with Gasteiger partial charge in [-0.25, -0.2) is 14.8 Å². The molecule has 0 aliphatic heterocycles. The van der Waals surface area contributed by atoms with Crippen LogP contribution in [0, 0.1) is 6.92 Å². The third kappa shape index (κ3) is 3.66. The molecule has 0 atom stereocenters. The summed E-state index contributed by atoms with van der Waals surface area (Å²) < 4.78 is 5.71. The number of nitrogens with zero attached hydrogens (tertiary/aromatic N) is 2. The van der Waals surface area contributed by atoms with Crippen LogP contribution >= 0.6 is 0 Å². The minimum absolute atomic E-state index is 0.103. The van der Waals surface area contributed by atoms with Crippen molar-refractivity contribution in [1.29, 1.82) is 0 Å². The molecule has 0 amide bonds. The van der Waals surface area contributed by atoms with Crippen LogP contribution in [0.2, 0.25) is 0 Å². The molecule has 0 saturated carbocycles. The topological polar surface area (TPSA) is 72.3 Å². The van der Waals surface area contributed by atoms with E-state index in [4.69, 9.17) is 9.84 Å². The number of aromatic nitrogens is 2. The van der Waals surface area contributed by atoms with Crippen molar-refractivity contribution < 1.29 is 14.6 Å². The maximum atomic E-state index is 10.9. The van der Waals surface area contributed by atoms with E-state index in [1.807, 2.05) is 30.3 Å². The lowest BCUT2D eigenvalue weighted by atomic mass is 10.1. The van der Waals surface area contributed by atoms with Crippen LogP contribution in [0.25, 0.3) is 0 Å². The minimum atomic E-state index is -1.03. The van der Waals surface area contributed by atoms with Crippen molar-refractivity contribution >= 4 is 5.97 Å². The lowest BCUT2D eigenvalue weighted by molar-refractivity contribution is 0.0695. The van der Waals surface area contributed by atoms with Crippen LogP contribution < -0.4 is 4.74 Å². The molecule has 21 heavy (non-hydrogen) atoms. The van der Waals surface area contributed by atoms with Gasteiger partial charge in [-0.2, -0.15) is 0 Å². The number of carboxylic acids is 1. The fourth-order valence-corrected chi connectivity index (χ4v) is 1.91. The first-order valence-electron chi connectivity index (χ1n) is 6.49. The summed E-state index contributed by atoms with van der Waals surface area (Å²) in [5.74, 6) is 0.170. The summed E-state index contributed by atoms with van der Waals surface area (Å²) in [4.78, 5) is 19.1. The van der Waals surface area contributed by atoms with Gasteiger partial charge in [0.15, 0.2) is 5.82 Å². The van der Waals surface area contributed by atoms with Crippen LogP contribution in [0.5, 0.6) is 5.75 Å². The second-order valence-electron chi connectivity index (χ2n) is 4.48. The molecule has 2 rings (SSSR count). The van der Waals surface area contributed by atoms with Gasteiger partial charge in [-0.15, -0.1) is 6.58 Å². The third-order valence-corrected chi connectivity index (χ3v) is 2.95. The van der Waals surface area contributed by atoms with Crippen molar-refractivity contribution in [2.24, 2.45) is 0 Å². The number of ether oxygens (including phenoxy) is 1. The van der Waals surface area contributed by atoms with Gasteiger partial charge in [-0.3, -0.25) is 0 Å². The summed E-state index contributed by atoms with van der Waals surface area (Å²) in [6.45, 7) is 5.55. The van der Waals surface area contributed by atoms with E-state index in [9.17, 15) is 4.79 Å². The van der Waals surface area contributed by atoms with E-state index in [2.05, 4.69) is 16.5 Å². The molecule has 0 aliphatic rings. The molecule has 1 aromatic carbocycles. The lowest BCUT2D eigenvalue weighted by Gasteiger charge is -2.10. The summed E-state index contributed by atoms with van der Waals surface area (Å²) in [6.07, 6.45) is 3.83. The third-order valence-electron chi connectivity index (χ3n) is 2.95. The SMILES string of the molecule is C=CCc1ccccc1OCc1ncc(C(=O)O)c(C)n1. The number of rotatable bonds is 6. The summed E-state index contributed by atoms with van der Waals surface area (Å²) in [5, 5.41) is 8.94. The molecule has 0 spiro atoms. The number of carboxylic acid groups (broad SMARTS) is 1. The van der Waals surface area contributed by atoms with E-state index in [1.54, 1.807) is 6.92 Å². The Bertz CT molecular complexity index is 668. The average molecular weight is 284 g/mol. The first kappa shape index (κ1) is 14.7. The largest absolute Gasteiger partial charge is 0.485 e. The van der Waals surface area contributed by atoms with Crippen LogP contribution in [0.3, 0.4) is 0 Å². The van der Waals surface area contributed by atoms with Gasteiger partial charge >= 0.3 is 5.97 Å². The van der Waals surface area contributed by atoms with Crippen molar-refractivity contribution in [2.75, 3.05) is 0 Å². The molecule has 108 valence electrons. The Morgan fingerprint density at radius 2 is 2.19 bits per heavy atom. The monoisotopic (exact) mass is 284 g/mol. The molecule has 1 heterocycles. The molecule has 1 N–H and O–H groups in total. The van der Waals surface area contributed by atoms with Gasteiger partial charge < -0.3 is 9.84 Å². The molecule has 1 aromatic heterocycles. The molecule has 0 fully saturated rings. The zero-order valence-corrected chi connectivity index (χ0v) is 11.7. The zero-order chi connectivity index (χ0) is 15.2. The van der Waals surface area contributed by atoms with E-state index < -0.39 is 5.97 Å². The standard InChI is InChI=1S/C16H16N2O3/c1-3-6-12-7-4-5-8-14(12)21-10-15-17-9-13(16(19)20)11(2)18-15/h3-5,7-9H,1,6,10H2,2H3,(H,19,20). The Morgan fingerprint density at radius 3 is 2.86 bits per heavy atom. The highest BCUT2D eigenvalue weighted by Gasteiger charge is 2.10. The Balaban J connectivity index is 2.12. The Kier molecular flexibility index (Phi) is 4.66. The Hall–Kier alpha value is -2.69. The van der Waals surface area contributed by atoms with Crippen molar-refractivity contribution in [1.82, 2.24) is 9.97 Å². The van der Waals surface area contributed by atoms with Crippen LogP contribution in [0.15, 0.2) is 43.1 Å². The molecular weight excluding hydrogens is 268 g/mol. The molecule has 5 heteroatoms. The second kappa shape index (κ2) is 6.65. The minimum Gasteiger partial charge on any atom is -0.485 e. The number of aryl methyl sites for hydroxylation is 1. The van der Waals surface area contributed by atoms with Crippen molar-refractivity contribution in [3.63, 3.8) is 0 Å². The summed E-state index contributed by atoms with van der Waals surface area (Å²) in [7, 11) is 0. The van der Waals surface area contributed by atoms with Crippen molar-refractivity contribution in [3.05, 3.63) is 65.8 Å². The first-order valence-corrected chi connectivity index (χ1v) is 6.49. The van der Waals surface area contributed by atoms with Gasteiger partial charge in [0.05, 0.1) is 11.3 Å². The Morgan fingerprint density at radius 1 is 1.43 bits per heavy atom. The normalized spacial score (nSPS) is 10.1. The molecule has 2 aromatic rings. The number of hydrogen-bond acceptors (Lipinski definition) is 4. The van der Waals surface area contributed by atoms with E-state index in [-0.39, 0.29) is 12.2 Å². The average Bonchev–Trinajstić information content (AvgIpc) is 2.46. The van der Waals surface area contributed by atoms with E-state index in [0.717, 1.165) is 11.3 Å². The van der Waals surface area contributed by atoms with Crippen LogP contribution in [-0.4, -0.2) is 21.0 Å². The fraction of sp³-hybridized carbons (Fsp3) is 0.188. The number of aromatic carboxylic acids is 1. The van der Waals surface area contributed by atoms with Gasteiger partial charge in [-0.05, 0) is 25.0 Å². The zero-order valence-electron chi connectivity index (χ0n) is 11.7. The first-order chi connectivity index (χ1) is 10.1. The summed E-state index contributed by atoms with van der Waals surface area (Å²) >= 11 is 0. The second-order valence-corrected chi connectivity index (χ2v) is 4.48. The summed E-state index contributed by atoms with van der Waals surface area (Å²) in [5.41, 5.74) is 1.56. The number of hydrogen-bond donors (Lipinski definition) is 1. The quantitative estimate of drug-likeness (QED) is 0.826. The van der Waals surface area contributed by atoms with Gasteiger partial charge in [-0.1, -0.05) is 24.3 Å². The molecular formula is C16H16N2O3. The van der Waals surface area contributed by atoms with Crippen LogP contribution in [0.4, 0.5) is 0 Å². The van der Waals surface area contributed by atoms with E-state index in [0.29, 0.717) is 17.9 Å². The Labute approximate surface area is 122 Å². The van der Waals surface area contributed by atoms with Crippen molar-refractivity contribution in [3.8, 4) is 5.75 Å². The van der Waals surface area contributed by atoms with Gasteiger partial charge in [0.2, 0.25) is 0 Å². The van der Waals surface area contributed by atoms with Gasteiger partial charge in [0.25, 0.3) is 0 Å². The number of carbonyl (C=O) groups is 1. The van der Waals surface area contributed by atoms with Crippen LogP contribution in [0.1, 0.15) is 27.4 Å². The number of para-hydroxylation sites is 1. The van der Waals surface area contributed by atoms with Gasteiger partial charge in [0, 0.05) is 6.20 Å². The number of benzene rings is 1. The predicted molar refractivity (Wildman–Crippen MR) is 78.4 cm³/mol. The maximum Gasteiger partial charge on any atom is 0.339 e. The van der Waals surface area contributed by atoms with Gasteiger partial charge in [0.1, 0.15) is 12.4 Å². The van der Waals surface area contributed by atoms with E-state index >= 15 is 0 Å². The fourth-order valence-electron chi connectivity index (χ4n) is 1.91. The molecule has 5 nitrogen and oxygen atoms in total. The molecule has 0 aliphatic carbocycles. The maximum absolute atomic E-state index is 10.9.